The van der Waals surface area contributed by atoms with Gasteiger partial charge < -0.3 is 16.0 Å². The number of aromatic nitrogens is 2. The zero-order valence-electron chi connectivity index (χ0n) is 15.6. The fourth-order valence-corrected chi connectivity index (χ4v) is 3.38. The average molecular weight is 444 g/mol. The summed E-state index contributed by atoms with van der Waals surface area (Å²) in [6.45, 7) is 3.91. The molecule has 3 N–H and O–H groups in total. The summed E-state index contributed by atoms with van der Waals surface area (Å²) in [6.07, 6.45) is -4.06. The first-order valence-corrected chi connectivity index (χ1v) is 9.29. The topological polar surface area (TPSA) is 84.1 Å². The second-order valence-corrected chi connectivity index (χ2v) is 7.24. The summed E-state index contributed by atoms with van der Waals surface area (Å²) in [7, 11) is 0. The number of pyridine rings is 2. The molecule has 0 saturated carbocycles. The van der Waals surface area contributed by atoms with Crippen LogP contribution in [0.4, 0.5) is 29.2 Å². The van der Waals surface area contributed by atoms with Crippen molar-refractivity contribution in [2.24, 2.45) is 0 Å². The molecule has 1 unspecified atom stereocenters. The molecule has 1 atom stereocenters. The number of piperazine rings is 1. The molecule has 1 fully saturated rings. The molecule has 0 aromatic carbocycles. The number of carbonyl (C=O) groups excluding carboxylic acids is 1. The minimum atomic E-state index is -4.32. The maximum absolute atomic E-state index is 14.0. The van der Waals surface area contributed by atoms with Crippen molar-refractivity contribution in [3.63, 3.8) is 0 Å². The first-order valence-electron chi connectivity index (χ1n) is 8.92. The lowest BCUT2D eigenvalue weighted by atomic mass is 10.0. The molecule has 3 rings (SSSR count). The van der Waals surface area contributed by atoms with Crippen molar-refractivity contribution in [2.45, 2.75) is 18.6 Å². The number of anilines is 2. The molecule has 6 nitrogen and oxygen atoms in total. The number of ketones is 1. The van der Waals surface area contributed by atoms with Crippen LogP contribution in [0.15, 0.2) is 31.0 Å². The zero-order chi connectivity index (χ0) is 22.1. The van der Waals surface area contributed by atoms with Gasteiger partial charge in [-0.25, -0.2) is 14.4 Å². The van der Waals surface area contributed by atoms with E-state index in [2.05, 4.69) is 21.9 Å². The van der Waals surface area contributed by atoms with Crippen molar-refractivity contribution < 1.29 is 22.4 Å². The molecule has 2 aromatic rings. The van der Waals surface area contributed by atoms with E-state index in [0.29, 0.717) is 13.1 Å². The van der Waals surface area contributed by atoms with E-state index in [1.807, 2.05) is 0 Å². The van der Waals surface area contributed by atoms with E-state index in [0.717, 1.165) is 0 Å². The Hall–Kier alpha value is -2.72. The molecule has 11 heteroatoms. The van der Waals surface area contributed by atoms with Crippen molar-refractivity contribution in [1.29, 1.82) is 0 Å². The van der Waals surface area contributed by atoms with Crippen LogP contribution in [0.2, 0.25) is 5.02 Å². The van der Waals surface area contributed by atoms with Crippen LogP contribution in [0.5, 0.6) is 0 Å². The Kier molecular flexibility index (Phi) is 6.27. The molecule has 0 bridgehead atoms. The number of rotatable bonds is 5. The normalized spacial score (nSPS) is 17.1. The highest BCUT2D eigenvalue weighted by Gasteiger charge is 2.34. The van der Waals surface area contributed by atoms with Crippen molar-refractivity contribution >= 4 is 34.8 Å². The van der Waals surface area contributed by atoms with Crippen LogP contribution in [0.3, 0.4) is 0 Å². The Bertz CT molecular complexity index is 982. The smallest absolute Gasteiger partial charge is 0.383 e. The largest absolute Gasteiger partial charge is 0.390 e. The molecule has 0 radical (unpaired) electrons. The molecule has 0 spiro atoms. The number of nitrogens with zero attached hydrogens (tertiary/aromatic N) is 3. The van der Waals surface area contributed by atoms with E-state index in [1.165, 1.54) is 24.4 Å². The van der Waals surface area contributed by atoms with Crippen molar-refractivity contribution in [3.8, 4) is 0 Å². The molecular weight excluding hydrogens is 426 g/mol. The molecule has 0 aliphatic carbocycles. The van der Waals surface area contributed by atoms with Crippen LogP contribution >= 0.6 is 11.6 Å². The number of nitrogens with two attached hydrogens (primary N) is 1. The fourth-order valence-electron chi connectivity index (χ4n) is 3.23. The van der Waals surface area contributed by atoms with E-state index in [4.69, 9.17) is 17.3 Å². The molecule has 2 aromatic heterocycles. The van der Waals surface area contributed by atoms with Gasteiger partial charge in [-0.2, -0.15) is 13.2 Å². The fraction of sp³-hybridized carbons (Fsp3) is 0.316. The summed E-state index contributed by atoms with van der Waals surface area (Å²) >= 11 is 5.88. The Labute approximate surface area is 174 Å². The number of nitrogens with one attached hydrogen (secondary N) is 1. The van der Waals surface area contributed by atoms with Crippen LogP contribution in [-0.2, 0) is 0 Å². The van der Waals surface area contributed by atoms with Gasteiger partial charge in [0.05, 0.1) is 17.0 Å². The highest BCUT2D eigenvalue weighted by atomic mass is 35.5. The number of halogens is 5. The Morgan fingerprint density at radius 1 is 1.37 bits per heavy atom. The molecule has 3 heterocycles. The van der Waals surface area contributed by atoms with Gasteiger partial charge in [0.1, 0.15) is 23.2 Å². The number of hydrogen-bond acceptors (Lipinski definition) is 6. The summed E-state index contributed by atoms with van der Waals surface area (Å²) in [5, 5.41) is 2.97. The SMILES string of the molecule is C=C(F)c1ccc(N2CCNC(CC(F)(F)F)C2)nc1C(=O)c1cc(Cl)cnc1N. The van der Waals surface area contributed by atoms with Crippen molar-refractivity contribution in [3.05, 3.63) is 52.8 Å². The summed E-state index contributed by atoms with van der Waals surface area (Å²) in [5.74, 6) is -1.48. The van der Waals surface area contributed by atoms with E-state index < -0.39 is 30.2 Å². The number of alkyl halides is 3. The van der Waals surface area contributed by atoms with Gasteiger partial charge in [0.15, 0.2) is 0 Å². The van der Waals surface area contributed by atoms with Gasteiger partial charge in [-0.3, -0.25) is 4.79 Å². The van der Waals surface area contributed by atoms with Gasteiger partial charge >= 0.3 is 6.18 Å². The Morgan fingerprint density at radius 3 is 2.77 bits per heavy atom. The first kappa shape index (κ1) is 22.0. The highest BCUT2D eigenvalue weighted by molar-refractivity contribution is 6.31. The van der Waals surface area contributed by atoms with E-state index in [1.54, 1.807) is 4.90 Å². The van der Waals surface area contributed by atoms with E-state index >= 15 is 0 Å². The predicted octanol–water partition coefficient (Wildman–Crippen LogP) is 3.61. The van der Waals surface area contributed by atoms with Gasteiger partial charge in [0.2, 0.25) is 5.78 Å². The molecule has 160 valence electrons. The summed E-state index contributed by atoms with van der Waals surface area (Å²) < 4.78 is 52.2. The van der Waals surface area contributed by atoms with Gasteiger partial charge in [0.25, 0.3) is 0 Å². The standard InChI is InChI=1S/C19H18ClF4N5O/c1-10(21)13-2-3-15(29-5-4-26-12(9-29)7-19(22,23)24)28-16(13)17(30)14-6-11(20)8-27-18(14)25/h2-3,6,8,12,26H,1,4-5,7,9H2,(H2,25,27). The number of nitrogen functional groups attached to an aromatic ring is 1. The lowest BCUT2D eigenvalue weighted by Gasteiger charge is -2.35. The minimum Gasteiger partial charge on any atom is -0.383 e. The lowest BCUT2D eigenvalue weighted by Crippen LogP contribution is -2.52. The van der Waals surface area contributed by atoms with Gasteiger partial charge in [-0.1, -0.05) is 18.2 Å². The van der Waals surface area contributed by atoms with Crippen LogP contribution < -0.4 is 16.0 Å². The van der Waals surface area contributed by atoms with Crippen LogP contribution in [0, 0.1) is 0 Å². The third kappa shape index (κ3) is 5.06. The van der Waals surface area contributed by atoms with Gasteiger partial charge in [-0.05, 0) is 18.2 Å². The molecule has 30 heavy (non-hydrogen) atoms. The monoisotopic (exact) mass is 443 g/mol. The Balaban J connectivity index is 1.96. The molecule has 1 aliphatic rings. The third-order valence-electron chi connectivity index (χ3n) is 4.57. The summed E-state index contributed by atoms with van der Waals surface area (Å²) in [5.41, 5.74) is 5.26. The maximum atomic E-state index is 14.0. The molecule has 1 saturated heterocycles. The maximum Gasteiger partial charge on any atom is 0.390 e. The highest BCUT2D eigenvalue weighted by Crippen LogP contribution is 2.28. The molecule has 1 aliphatic heterocycles. The predicted molar refractivity (Wildman–Crippen MR) is 106 cm³/mol. The Morgan fingerprint density at radius 2 is 2.10 bits per heavy atom. The second-order valence-electron chi connectivity index (χ2n) is 6.80. The van der Waals surface area contributed by atoms with Gasteiger partial charge in [-0.15, -0.1) is 0 Å². The minimum absolute atomic E-state index is 0.0247. The second kappa shape index (κ2) is 8.57. The molecular formula is C19H18ClF4N5O. The van der Waals surface area contributed by atoms with Crippen molar-refractivity contribution in [2.75, 3.05) is 30.3 Å². The van der Waals surface area contributed by atoms with Crippen LogP contribution in [-0.4, -0.2) is 47.6 Å². The van der Waals surface area contributed by atoms with Crippen LogP contribution in [0.1, 0.15) is 28.0 Å². The van der Waals surface area contributed by atoms with Crippen LogP contribution in [0.25, 0.3) is 5.83 Å². The lowest BCUT2D eigenvalue weighted by molar-refractivity contribution is -0.139. The van der Waals surface area contributed by atoms with E-state index in [-0.39, 0.29) is 40.0 Å². The average Bonchev–Trinajstić information content (AvgIpc) is 2.67. The first-order chi connectivity index (χ1) is 14.0. The van der Waals surface area contributed by atoms with Gasteiger partial charge in [0, 0.05) is 37.4 Å². The zero-order valence-corrected chi connectivity index (χ0v) is 16.4. The van der Waals surface area contributed by atoms with E-state index in [9.17, 15) is 22.4 Å². The summed E-state index contributed by atoms with van der Waals surface area (Å²) in [4.78, 5) is 22.7. The van der Waals surface area contributed by atoms with Crippen molar-refractivity contribution in [1.82, 2.24) is 15.3 Å². The number of hydrogen-bond donors (Lipinski definition) is 2. The third-order valence-corrected chi connectivity index (χ3v) is 4.78. The number of carbonyl (C=O) groups is 1. The quantitative estimate of drug-likeness (QED) is 0.542. The molecule has 0 amide bonds. The summed E-state index contributed by atoms with van der Waals surface area (Å²) in [6, 6.07) is 3.21.